The van der Waals surface area contributed by atoms with Gasteiger partial charge in [-0.3, -0.25) is 0 Å². The minimum Gasteiger partial charge on any atom is -0.385 e. The van der Waals surface area contributed by atoms with E-state index in [1.807, 2.05) is 0 Å². The molecule has 0 aromatic heterocycles. The van der Waals surface area contributed by atoms with Crippen molar-refractivity contribution >= 4 is 0 Å². The smallest absolute Gasteiger partial charge is 0.159 e. The van der Waals surface area contributed by atoms with Crippen LogP contribution in [-0.4, -0.2) is 5.11 Å². The second-order valence-electron chi connectivity index (χ2n) is 5.86. The van der Waals surface area contributed by atoms with Gasteiger partial charge in [0, 0.05) is 0 Å². The molecule has 17 heavy (non-hydrogen) atoms. The third-order valence-corrected chi connectivity index (χ3v) is 3.67. The van der Waals surface area contributed by atoms with Crippen molar-refractivity contribution in [3.05, 3.63) is 35.4 Å². The van der Waals surface area contributed by atoms with Crippen LogP contribution < -0.4 is 0 Å². The molecule has 3 heteroatoms. The first kappa shape index (κ1) is 12.5. The molecular weight excluding hydrogens is 222 g/mol. The van der Waals surface area contributed by atoms with E-state index in [0.717, 1.165) is 25.0 Å². The SMILES string of the molecule is CC1(C)CCCC(O)(c2ccc(F)c(F)c2)C1. The van der Waals surface area contributed by atoms with E-state index in [1.165, 1.54) is 6.07 Å². The Balaban J connectivity index is 2.34. The van der Waals surface area contributed by atoms with Gasteiger partial charge in [-0.05, 0) is 48.8 Å². The zero-order valence-corrected chi connectivity index (χ0v) is 10.3. The highest BCUT2D eigenvalue weighted by Crippen LogP contribution is 2.46. The fraction of sp³-hybridized carbons (Fsp3) is 0.571. The fourth-order valence-corrected chi connectivity index (χ4v) is 2.86. The molecule has 1 unspecified atom stereocenters. The first-order valence-corrected chi connectivity index (χ1v) is 6.00. The molecule has 0 radical (unpaired) electrons. The van der Waals surface area contributed by atoms with Gasteiger partial charge in [-0.25, -0.2) is 8.78 Å². The minimum atomic E-state index is -1.02. The summed E-state index contributed by atoms with van der Waals surface area (Å²) in [4.78, 5) is 0. The molecule has 1 atom stereocenters. The van der Waals surface area contributed by atoms with Crippen LogP contribution >= 0.6 is 0 Å². The summed E-state index contributed by atoms with van der Waals surface area (Å²) in [5, 5.41) is 10.6. The molecule has 0 bridgehead atoms. The maximum atomic E-state index is 13.2. The van der Waals surface area contributed by atoms with Gasteiger partial charge in [0.2, 0.25) is 0 Å². The molecule has 1 aliphatic carbocycles. The molecule has 0 spiro atoms. The number of rotatable bonds is 1. The molecule has 1 aliphatic rings. The van der Waals surface area contributed by atoms with E-state index in [0.29, 0.717) is 18.4 Å². The van der Waals surface area contributed by atoms with Gasteiger partial charge in [0.05, 0.1) is 5.60 Å². The molecule has 1 fully saturated rings. The van der Waals surface area contributed by atoms with E-state index in [2.05, 4.69) is 13.8 Å². The molecule has 1 aromatic rings. The third-order valence-electron chi connectivity index (χ3n) is 3.67. The first-order chi connectivity index (χ1) is 7.82. The zero-order valence-electron chi connectivity index (χ0n) is 10.3. The summed E-state index contributed by atoms with van der Waals surface area (Å²) in [6.07, 6.45) is 3.16. The van der Waals surface area contributed by atoms with E-state index in [-0.39, 0.29) is 5.41 Å². The lowest BCUT2D eigenvalue weighted by molar-refractivity contribution is -0.0443. The summed E-state index contributed by atoms with van der Waals surface area (Å²) in [7, 11) is 0. The Bertz CT molecular complexity index is 428. The molecule has 0 heterocycles. The molecule has 2 rings (SSSR count). The third kappa shape index (κ3) is 2.49. The standard InChI is InChI=1S/C14H18F2O/c1-13(2)6-3-7-14(17,9-13)10-4-5-11(15)12(16)8-10/h4-5,8,17H,3,6-7,9H2,1-2H3. The Labute approximate surface area is 100 Å². The lowest BCUT2D eigenvalue weighted by Gasteiger charge is -2.41. The van der Waals surface area contributed by atoms with Gasteiger partial charge in [0.1, 0.15) is 0 Å². The molecule has 1 N–H and O–H groups in total. The molecule has 1 aromatic carbocycles. The second kappa shape index (κ2) is 4.05. The number of benzene rings is 1. The maximum absolute atomic E-state index is 13.2. The van der Waals surface area contributed by atoms with Crippen LogP contribution in [0.1, 0.15) is 45.1 Å². The Morgan fingerprint density at radius 1 is 1.12 bits per heavy atom. The Hall–Kier alpha value is -0.960. The number of halogens is 2. The second-order valence-corrected chi connectivity index (χ2v) is 5.86. The quantitative estimate of drug-likeness (QED) is 0.792. The van der Waals surface area contributed by atoms with Crippen LogP contribution in [0.5, 0.6) is 0 Å². The Morgan fingerprint density at radius 2 is 1.82 bits per heavy atom. The molecule has 0 saturated heterocycles. The van der Waals surface area contributed by atoms with Crippen LogP contribution in [0.25, 0.3) is 0 Å². The van der Waals surface area contributed by atoms with Gasteiger partial charge in [-0.15, -0.1) is 0 Å². The van der Waals surface area contributed by atoms with Crippen LogP contribution in [0.3, 0.4) is 0 Å². The van der Waals surface area contributed by atoms with Crippen molar-refractivity contribution in [2.75, 3.05) is 0 Å². The van der Waals surface area contributed by atoms with Crippen molar-refractivity contribution in [2.24, 2.45) is 5.41 Å². The van der Waals surface area contributed by atoms with Crippen LogP contribution in [-0.2, 0) is 5.60 Å². The number of hydrogen-bond acceptors (Lipinski definition) is 1. The van der Waals surface area contributed by atoms with Crippen LogP contribution in [0.2, 0.25) is 0 Å². The van der Waals surface area contributed by atoms with Crippen LogP contribution in [0.4, 0.5) is 8.78 Å². The van der Waals surface area contributed by atoms with Gasteiger partial charge >= 0.3 is 0 Å². The van der Waals surface area contributed by atoms with E-state index in [9.17, 15) is 13.9 Å². The molecule has 0 aliphatic heterocycles. The summed E-state index contributed by atoms with van der Waals surface area (Å²) in [5.41, 5.74) is -0.488. The van der Waals surface area contributed by atoms with Crippen LogP contribution in [0.15, 0.2) is 18.2 Å². The fourth-order valence-electron chi connectivity index (χ4n) is 2.86. The zero-order chi connectivity index (χ0) is 12.7. The Morgan fingerprint density at radius 3 is 2.41 bits per heavy atom. The van der Waals surface area contributed by atoms with E-state index in [1.54, 1.807) is 0 Å². The van der Waals surface area contributed by atoms with E-state index in [4.69, 9.17) is 0 Å². The summed E-state index contributed by atoms with van der Waals surface area (Å²) >= 11 is 0. The Kier molecular flexibility index (Phi) is 2.98. The summed E-state index contributed by atoms with van der Waals surface area (Å²) in [6, 6.07) is 3.70. The predicted molar refractivity (Wildman–Crippen MR) is 62.5 cm³/mol. The number of aliphatic hydroxyl groups is 1. The van der Waals surface area contributed by atoms with Crippen molar-refractivity contribution in [1.29, 1.82) is 0 Å². The monoisotopic (exact) mass is 240 g/mol. The topological polar surface area (TPSA) is 20.2 Å². The van der Waals surface area contributed by atoms with Crippen molar-refractivity contribution in [1.82, 2.24) is 0 Å². The van der Waals surface area contributed by atoms with Crippen molar-refractivity contribution in [3.8, 4) is 0 Å². The largest absolute Gasteiger partial charge is 0.385 e. The average molecular weight is 240 g/mol. The van der Waals surface area contributed by atoms with Crippen LogP contribution in [0, 0.1) is 17.0 Å². The first-order valence-electron chi connectivity index (χ1n) is 6.00. The van der Waals surface area contributed by atoms with E-state index >= 15 is 0 Å². The molecule has 94 valence electrons. The molecule has 0 amide bonds. The lowest BCUT2D eigenvalue weighted by Crippen LogP contribution is -2.36. The summed E-state index contributed by atoms with van der Waals surface area (Å²) in [5.74, 6) is -1.76. The van der Waals surface area contributed by atoms with Gasteiger partial charge in [0.25, 0.3) is 0 Å². The van der Waals surface area contributed by atoms with Gasteiger partial charge in [-0.2, -0.15) is 0 Å². The van der Waals surface area contributed by atoms with Crippen molar-refractivity contribution in [3.63, 3.8) is 0 Å². The van der Waals surface area contributed by atoms with Gasteiger partial charge < -0.3 is 5.11 Å². The molecular formula is C14H18F2O. The van der Waals surface area contributed by atoms with Gasteiger partial charge in [-0.1, -0.05) is 19.9 Å². The highest BCUT2D eigenvalue weighted by atomic mass is 19.2. The molecule has 1 nitrogen and oxygen atoms in total. The molecule has 1 saturated carbocycles. The highest BCUT2D eigenvalue weighted by molar-refractivity contribution is 5.25. The normalized spacial score (nSPS) is 28.1. The van der Waals surface area contributed by atoms with Crippen molar-refractivity contribution in [2.45, 2.75) is 45.1 Å². The summed E-state index contributed by atoms with van der Waals surface area (Å²) in [6.45, 7) is 4.19. The minimum absolute atomic E-state index is 0.0395. The lowest BCUT2D eigenvalue weighted by atomic mass is 9.67. The van der Waals surface area contributed by atoms with Crippen molar-refractivity contribution < 1.29 is 13.9 Å². The predicted octanol–water partition coefficient (Wildman–Crippen LogP) is 3.75. The summed E-state index contributed by atoms with van der Waals surface area (Å²) < 4.78 is 26.1. The van der Waals surface area contributed by atoms with E-state index < -0.39 is 17.2 Å². The average Bonchev–Trinajstić information content (AvgIpc) is 2.20. The van der Waals surface area contributed by atoms with Gasteiger partial charge in [0.15, 0.2) is 11.6 Å². The number of hydrogen-bond donors (Lipinski definition) is 1. The highest BCUT2D eigenvalue weighted by Gasteiger charge is 2.39. The maximum Gasteiger partial charge on any atom is 0.159 e.